The van der Waals surface area contributed by atoms with Crippen LogP contribution in [0.5, 0.6) is 0 Å². The number of rotatable bonds is 9. The average Bonchev–Trinajstić information content (AvgIpc) is 3.57. The third-order valence-electron chi connectivity index (χ3n) is 4.78. The molecule has 2 aromatic rings. The van der Waals surface area contributed by atoms with Crippen LogP contribution in [-0.2, 0) is 4.79 Å². The second kappa shape index (κ2) is 9.83. The Labute approximate surface area is 166 Å². The molecule has 5 nitrogen and oxygen atoms in total. The zero-order valence-electron chi connectivity index (χ0n) is 16.3. The van der Waals surface area contributed by atoms with Gasteiger partial charge in [0.05, 0.1) is 5.71 Å². The summed E-state index contributed by atoms with van der Waals surface area (Å²) < 4.78 is 0. The van der Waals surface area contributed by atoms with Gasteiger partial charge in [0.25, 0.3) is 5.91 Å². The molecule has 0 spiro atoms. The molecule has 0 heterocycles. The smallest absolute Gasteiger partial charge is 0.271 e. The Morgan fingerprint density at radius 2 is 1.68 bits per heavy atom. The van der Waals surface area contributed by atoms with Gasteiger partial charge in [-0.15, -0.1) is 0 Å². The van der Waals surface area contributed by atoms with E-state index in [1.54, 1.807) is 24.3 Å². The van der Waals surface area contributed by atoms with Gasteiger partial charge in [0.2, 0.25) is 5.91 Å². The number of hydrazone groups is 1. The lowest BCUT2D eigenvalue weighted by molar-refractivity contribution is -0.117. The van der Waals surface area contributed by atoms with E-state index in [2.05, 4.69) is 22.8 Å². The van der Waals surface area contributed by atoms with E-state index in [0.29, 0.717) is 11.3 Å². The molecule has 2 N–H and O–H groups in total. The zero-order valence-corrected chi connectivity index (χ0v) is 16.3. The monoisotopic (exact) mass is 377 g/mol. The number of anilines is 1. The summed E-state index contributed by atoms with van der Waals surface area (Å²) in [4.78, 5) is 24.3. The van der Waals surface area contributed by atoms with E-state index in [4.69, 9.17) is 0 Å². The minimum atomic E-state index is -0.260. The van der Waals surface area contributed by atoms with Gasteiger partial charge in [0.15, 0.2) is 0 Å². The maximum atomic E-state index is 12.5. The Balaban J connectivity index is 1.62. The van der Waals surface area contributed by atoms with Gasteiger partial charge in [-0.1, -0.05) is 50.1 Å². The Morgan fingerprint density at radius 3 is 2.32 bits per heavy atom. The minimum Gasteiger partial charge on any atom is -0.326 e. The van der Waals surface area contributed by atoms with E-state index in [0.717, 1.165) is 49.8 Å². The van der Waals surface area contributed by atoms with Crippen LogP contribution in [0.2, 0.25) is 0 Å². The molecule has 0 atom stereocenters. The van der Waals surface area contributed by atoms with E-state index in [-0.39, 0.29) is 17.7 Å². The van der Waals surface area contributed by atoms with Crippen LogP contribution >= 0.6 is 0 Å². The number of nitrogens with one attached hydrogen (secondary N) is 2. The number of carbonyl (C=O) groups excluding carboxylic acids is 2. The molecule has 1 aliphatic rings. The first-order valence-electron chi connectivity index (χ1n) is 10.0. The average molecular weight is 377 g/mol. The lowest BCUT2D eigenvalue weighted by Gasteiger charge is -2.08. The SMILES string of the molecule is CCCCC/C(=N\NC(=O)c1ccc(NC(=O)C2CC2)cc1)c1ccccc1. The molecule has 1 saturated carbocycles. The molecule has 28 heavy (non-hydrogen) atoms. The van der Waals surface area contributed by atoms with Crippen molar-refractivity contribution in [2.24, 2.45) is 11.0 Å². The Morgan fingerprint density at radius 1 is 0.964 bits per heavy atom. The molecule has 0 saturated heterocycles. The van der Waals surface area contributed by atoms with Crippen molar-refractivity contribution in [1.82, 2.24) is 5.43 Å². The highest BCUT2D eigenvalue weighted by Crippen LogP contribution is 2.30. The maximum Gasteiger partial charge on any atom is 0.271 e. The van der Waals surface area contributed by atoms with Gasteiger partial charge in [0, 0.05) is 17.2 Å². The van der Waals surface area contributed by atoms with Gasteiger partial charge in [0.1, 0.15) is 0 Å². The number of benzene rings is 2. The van der Waals surface area contributed by atoms with E-state index in [9.17, 15) is 9.59 Å². The second-order valence-electron chi connectivity index (χ2n) is 7.16. The molecule has 146 valence electrons. The highest BCUT2D eigenvalue weighted by Gasteiger charge is 2.29. The van der Waals surface area contributed by atoms with Crippen LogP contribution in [-0.4, -0.2) is 17.5 Å². The van der Waals surface area contributed by atoms with E-state index in [1.807, 2.05) is 30.3 Å². The van der Waals surface area contributed by atoms with Gasteiger partial charge in [-0.2, -0.15) is 5.10 Å². The Bertz CT molecular complexity index is 825. The number of nitrogens with zero attached hydrogens (tertiary/aromatic N) is 1. The third kappa shape index (κ3) is 5.78. The van der Waals surface area contributed by atoms with Gasteiger partial charge >= 0.3 is 0 Å². The van der Waals surface area contributed by atoms with Crippen LogP contribution in [0.4, 0.5) is 5.69 Å². The quantitative estimate of drug-likeness (QED) is 0.376. The first-order valence-corrected chi connectivity index (χ1v) is 10.0. The van der Waals surface area contributed by atoms with Crippen molar-refractivity contribution < 1.29 is 9.59 Å². The standard InChI is InChI=1S/C23H27N3O2/c1-2-3-5-10-21(17-8-6-4-7-9-17)25-26-23(28)19-13-15-20(16-14-19)24-22(27)18-11-12-18/h4,6-9,13-16,18H,2-3,5,10-12H2,1H3,(H,24,27)(H,26,28)/b25-21+. The Kier molecular flexibility index (Phi) is 6.95. The number of carbonyl (C=O) groups is 2. The van der Waals surface area contributed by atoms with Crippen LogP contribution < -0.4 is 10.7 Å². The number of amides is 2. The predicted molar refractivity (Wildman–Crippen MR) is 112 cm³/mol. The fourth-order valence-electron chi connectivity index (χ4n) is 2.92. The summed E-state index contributed by atoms with van der Waals surface area (Å²) in [6.45, 7) is 2.16. The number of hydrogen-bond donors (Lipinski definition) is 2. The van der Waals surface area contributed by atoms with Gasteiger partial charge in [-0.05, 0) is 55.5 Å². The third-order valence-corrected chi connectivity index (χ3v) is 4.78. The number of hydrogen-bond acceptors (Lipinski definition) is 3. The summed E-state index contributed by atoms with van der Waals surface area (Å²) >= 11 is 0. The molecule has 1 fully saturated rings. The molecule has 1 aliphatic carbocycles. The summed E-state index contributed by atoms with van der Waals surface area (Å²) in [5.74, 6) is -0.0493. The highest BCUT2D eigenvalue weighted by atomic mass is 16.2. The van der Waals surface area contributed by atoms with Gasteiger partial charge in [-0.3, -0.25) is 9.59 Å². The molecule has 0 bridgehead atoms. The molecule has 0 radical (unpaired) electrons. The van der Waals surface area contributed by atoms with Crippen molar-refractivity contribution in [2.75, 3.05) is 5.32 Å². The largest absolute Gasteiger partial charge is 0.326 e. The van der Waals surface area contributed by atoms with Crippen molar-refractivity contribution in [1.29, 1.82) is 0 Å². The van der Waals surface area contributed by atoms with Gasteiger partial charge in [-0.25, -0.2) is 5.43 Å². The van der Waals surface area contributed by atoms with Crippen LogP contribution in [0.3, 0.4) is 0 Å². The van der Waals surface area contributed by atoms with Crippen molar-refractivity contribution in [2.45, 2.75) is 45.4 Å². The lowest BCUT2D eigenvalue weighted by Crippen LogP contribution is -2.20. The molecule has 0 aliphatic heterocycles. The minimum absolute atomic E-state index is 0.0568. The molecular formula is C23H27N3O2. The van der Waals surface area contributed by atoms with E-state index in [1.165, 1.54) is 0 Å². The van der Waals surface area contributed by atoms with Crippen LogP contribution in [0.1, 0.15) is 61.4 Å². The molecule has 3 rings (SSSR count). The molecular weight excluding hydrogens is 350 g/mol. The molecule has 2 aromatic carbocycles. The van der Waals surface area contributed by atoms with Crippen molar-refractivity contribution in [3.63, 3.8) is 0 Å². The molecule has 2 amide bonds. The Hall–Kier alpha value is -2.95. The maximum absolute atomic E-state index is 12.5. The number of unbranched alkanes of at least 4 members (excludes halogenated alkanes) is 2. The topological polar surface area (TPSA) is 70.6 Å². The van der Waals surface area contributed by atoms with Crippen LogP contribution in [0, 0.1) is 5.92 Å². The van der Waals surface area contributed by atoms with E-state index < -0.39 is 0 Å². The predicted octanol–water partition coefficient (Wildman–Crippen LogP) is 4.75. The summed E-state index contributed by atoms with van der Waals surface area (Å²) in [7, 11) is 0. The zero-order chi connectivity index (χ0) is 19.8. The van der Waals surface area contributed by atoms with Crippen molar-refractivity contribution >= 4 is 23.2 Å². The molecule has 0 aromatic heterocycles. The normalized spacial score (nSPS) is 13.8. The summed E-state index contributed by atoms with van der Waals surface area (Å²) in [6.07, 6.45) is 6.06. The molecule has 5 heteroatoms. The fourth-order valence-corrected chi connectivity index (χ4v) is 2.92. The highest BCUT2D eigenvalue weighted by molar-refractivity contribution is 6.02. The summed E-state index contributed by atoms with van der Waals surface area (Å²) in [6, 6.07) is 16.8. The summed E-state index contributed by atoms with van der Waals surface area (Å²) in [5.41, 5.74) is 5.80. The fraction of sp³-hybridized carbons (Fsp3) is 0.348. The molecule has 0 unspecified atom stereocenters. The first kappa shape index (κ1) is 19.8. The lowest BCUT2D eigenvalue weighted by atomic mass is 10.0. The van der Waals surface area contributed by atoms with E-state index >= 15 is 0 Å². The van der Waals surface area contributed by atoms with Crippen molar-refractivity contribution in [3.05, 3.63) is 65.7 Å². The van der Waals surface area contributed by atoms with Crippen LogP contribution in [0.15, 0.2) is 59.7 Å². The summed E-state index contributed by atoms with van der Waals surface area (Å²) in [5, 5.41) is 7.26. The van der Waals surface area contributed by atoms with Crippen LogP contribution in [0.25, 0.3) is 0 Å². The van der Waals surface area contributed by atoms with Crippen molar-refractivity contribution in [3.8, 4) is 0 Å². The first-order chi connectivity index (χ1) is 13.7. The van der Waals surface area contributed by atoms with Gasteiger partial charge < -0.3 is 5.32 Å². The second-order valence-corrected chi connectivity index (χ2v) is 7.16.